The summed E-state index contributed by atoms with van der Waals surface area (Å²) >= 11 is 5.84. The van der Waals surface area contributed by atoms with Gasteiger partial charge < -0.3 is 4.74 Å². The number of carbonyl (C=O) groups excluding carboxylic acids is 1. The van der Waals surface area contributed by atoms with E-state index in [0.29, 0.717) is 17.0 Å². The number of hydrogen-bond donors (Lipinski definition) is 0. The minimum Gasteiger partial charge on any atom is -0.378 e. The summed E-state index contributed by atoms with van der Waals surface area (Å²) in [5, 5.41) is 0.614. The van der Waals surface area contributed by atoms with Crippen LogP contribution in [-0.4, -0.2) is 18.5 Å². The quantitative estimate of drug-likeness (QED) is 0.751. The molecule has 1 unspecified atom stereocenters. The second-order valence-electron chi connectivity index (χ2n) is 4.11. The van der Waals surface area contributed by atoms with Crippen LogP contribution in [0, 0.1) is 0 Å². The molecule has 2 rings (SSSR count). The predicted octanol–water partition coefficient (Wildman–Crippen LogP) is 3.48. The molecule has 3 heteroatoms. The fourth-order valence-corrected chi connectivity index (χ4v) is 2.16. The lowest BCUT2D eigenvalue weighted by molar-refractivity contribution is 0.0859. The van der Waals surface area contributed by atoms with E-state index in [1.807, 2.05) is 12.1 Å². The molecule has 0 radical (unpaired) electrons. The maximum absolute atomic E-state index is 11.8. The van der Waals surface area contributed by atoms with Crippen LogP contribution in [0.2, 0.25) is 5.02 Å². The smallest absolute Gasteiger partial charge is 0.163 e. The van der Waals surface area contributed by atoms with Gasteiger partial charge in [0.15, 0.2) is 5.78 Å². The first-order valence-electron chi connectivity index (χ1n) is 5.66. The van der Waals surface area contributed by atoms with Crippen molar-refractivity contribution in [3.05, 3.63) is 34.9 Å². The Bertz CT molecular complexity index is 370. The molecule has 1 aliphatic rings. The first-order valence-corrected chi connectivity index (χ1v) is 6.04. The molecule has 1 heterocycles. The Morgan fingerprint density at radius 2 is 2.38 bits per heavy atom. The van der Waals surface area contributed by atoms with Gasteiger partial charge in [0.05, 0.1) is 6.10 Å². The van der Waals surface area contributed by atoms with Crippen molar-refractivity contribution in [3.63, 3.8) is 0 Å². The minimum atomic E-state index is 0.151. The Morgan fingerprint density at radius 3 is 3.06 bits per heavy atom. The van der Waals surface area contributed by atoms with Crippen LogP contribution in [0.5, 0.6) is 0 Å². The zero-order chi connectivity index (χ0) is 11.4. The van der Waals surface area contributed by atoms with Crippen LogP contribution >= 0.6 is 11.6 Å². The Hall–Kier alpha value is -0.860. The van der Waals surface area contributed by atoms with Gasteiger partial charge in [0.1, 0.15) is 0 Å². The molecule has 1 saturated heterocycles. The first kappa shape index (κ1) is 11.6. The van der Waals surface area contributed by atoms with E-state index in [2.05, 4.69) is 0 Å². The molecule has 0 N–H and O–H groups in total. The number of hydrogen-bond acceptors (Lipinski definition) is 2. The fourth-order valence-electron chi connectivity index (χ4n) is 1.97. The van der Waals surface area contributed by atoms with Crippen molar-refractivity contribution in [1.29, 1.82) is 0 Å². The van der Waals surface area contributed by atoms with Crippen molar-refractivity contribution in [2.75, 3.05) is 6.61 Å². The molecule has 1 aromatic rings. The van der Waals surface area contributed by atoms with E-state index in [-0.39, 0.29) is 11.9 Å². The average molecular weight is 239 g/mol. The highest BCUT2D eigenvalue weighted by molar-refractivity contribution is 6.31. The lowest BCUT2D eigenvalue weighted by Gasteiger charge is -2.08. The van der Waals surface area contributed by atoms with Gasteiger partial charge in [0.2, 0.25) is 0 Å². The second kappa shape index (κ2) is 5.46. The zero-order valence-corrected chi connectivity index (χ0v) is 9.87. The van der Waals surface area contributed by atoms with Crippen LogP contribution in [0.4, 0.5) is 0 Å². The molecule has 2 nitrogen and oxygen atoms in total. The van der Waals surface area contributed by atoms with E-state index in [9.17, 15) is 4.79 Å². The first-order chi connectivity index (χ1) is 7.75. The van der Waals surface area contributed by atoms with E-state index in [1.165, 1.54) is 0 Å². The Balaban J connectivity index is 1.87. The third-order valence-corrected chi connectivity index (χ3v) is 3.10. The van der Waals surface area contributed by atoms with Gasteiger partial charge in [-0.25, -0.2) is 0 Å². The number of rotatable bonds is 4. The summed E-state index contributed by atoms with van der Waals surface area (Å²) in [6.45, 7) is 0.843. The van der Waals surface area contributed by atoms with Crippen LogP contribution in [0.15, 0.2) is 24.3 Å². The van der Waals surface area contributed by atoms with Crippen molar-refractivity contribution < 1.29 is 9.53 Å². The molecular formula is C13H15ClO2. The standard InChI is InChI=1S/C13H15ClO2/c14-11-4-1-3-10(9-11)13(15)7-6-12-5-2-8-16-12/h1,3-4,9,12H,2,5-8H2. The predicted molar refractivity (Wildman–Crippen MR) is 64.0 cm³/mol. The van der Waals surface area contributed by atoms with Crippen molar-refractivity contribution in [3.8, 4) is 0 Å². The van der Waals surface area contributed by atoms with Crippen LogP contribution in [0.25, 0.3) is 0 Å². The maximum Gasteiger partial charge on any atom is 0.163 e. The molecule has 0 aliphatic carbocycles. The van der Waals surface area contributed by atoms with Gasteiger partial charge in [-0.3, -0.25) is 4.79 Å². The summed E-state index contributed by atoms with van der Waals surface area (Å²) in [5.41, 5.74) is 0.700. The van der Waals surface area contributed by atoms with Gasteiger partial charge in [-0.2, -0.15) is 0 Å². The molecule has 0 bridgehead atoms. The molecule has 0 spiro atoms. The number of ether oxygens (including phenoxy) is 1. The van der Waals surface area contributed by atoms with Gasteiger partial charge >= 0.3 is 0 Å². The molecule has 86 valence electrons. The second-order valence-corrected chi connectivity index (χ2v) is 4.54. The van der Waals surface area contributed by atoms with Crippen molar-refractivity contribution in [2.24, 2.45) is 0 Å². The van der Waals surface area contributed by atoms with Crippen molar-refractivity contribution in [2.45, 2.75) is 31.8 Å². The zero-order valence-electron chi connectivity index (χ0n) is 9.12. The highest BCUT2D eigenvalue weighted by Gasteiger charge is 2.17. The molecule has 1 aliphatic heterocycles. The summed E-state index contributed by atoms with van der Waals surface area (Å²) in [7, 11) is 0. The van der Waals surface area contributed by atoms with Gasteiger partial charge in [0.25, 0.3) is 0 Å². The van der Waals surface area contributed by atoms with E-state index >= 15 is 0 Å². The molecule has 1 fully saturated rings. The van der Waals surface area contributed by atoms with Crippen molar-refractivity contribution in [1.82, 2.24) is 0 Å². The van der Waals surface area contributed by atoms with E-state index in [4.69, 9.17) is 16.3 Å². The third kappa shape index (κ3) is 3.06. The molecule has 1 atom stereocenters. The number of Topliss-reactive ketones (excluding diaryl/α,β-unsaturated/α-hetero) is 1. The normalized spacial score (nSPS) is 19.9. The summed E-state index contributed by atoms with van der Waals surface area (Å²) in [4.78, 5) is 11.8. The van der Waals surface area contributed by atoms with E-state index < -0.39 is 0 Å². The summed E-state index contributed by atoms with van der Waals surface area (Å²) in [5.74, 6) is 0.151. The Labute approximate surface area is 101 Å². The fraction of sp³-hybridized carbons (Fsp3) is 0.462. The van der Waals surface area contributed by atoms with Gasteiger partial charge in [0, 0.05) is 23.6 Å². The minimum absolute atomic E-state index is 0.151. The van der Waals surface area contributed by atoms with E-state index in [1.54, 1.807) is 12.1 Å². The van der Waals surface area contributed by atoms with Crippen LogP contribution in [-0.2, 0) is 4.74 Å². The molecule has 0 amide bonds. The largest absolute Gasteiger partial charge is 0.378 e. The molecule has 0 aromatic heterocycles. The Morgan fingerprint density at radius 1 is 1.50 bits per heavy atom. The average Bonchev–Trinajstić information content (AvgIpc) is 2.78. The SMILES string of the molecule is O=C(CCC1CCCO1)c1cccc(Cl)c1. The maximum atomic E-state index is 11.8. The summed E-state index contributed by atoms with van der Waals surface area (Å²) < 4.78 is 5.48. The highest BCUT2D eigenvalue weighted by Crippen LogP contribution is 2.19. The molecular weight excluding hydrogens is 224 g/mol. The summed E-state index contributed by atoms with van der Waals surface area (Å²) in [6.07, 6.45) is 3.86. The number of benzene rings is 1. The monoisotopic (exact) mass is 238 g/mol. The number of ketones is 1. The molecule has 16 heavy (non-hydrogen) atoms. The van der Waals surface area contributed by atoms with Crippen LogP contribution in [0.1, 0.15) is 36.0 Å². The van der Waals surface area contributed by atoms with Crippen LogP contribution < -0.4 is 0 Å². The Kier molecular flexibility index (Phi) is 3.97. The molecule has 0 saturated carbocycles. The van der Waals surface area contributed by atoms with Crippen molar-refractivity contribution >= 4 is 17.4 Å². The van der Waals surface area contributed by atoms with E-state index in [0.717, 1.165) is 25.9 Å². The lowest BCUT2D eigenvalue weighted by atomic mass is 10.0. The highest BCUT2D eigenvalue weighted by atomic mass is 35.5. The third-order valence-electron chi connectivity index (χ3n) is 2.86. The number of halogens is 1. The lowest BCUT2D eigenvalue weighted by Crippen LogP contribution is -2.08. The number of carbonyl (C=O) groups is 1. The van der Waals surface area contributed by atoms with Gasteiger partial charge in [-0.15, -0.1) is 0 Å². The topological polar surface area (TPSA) is 26.3 Å². The van der Waals surface area contributed by atoms with Gasteiger partial charge in [-0.05, 0) is 31.4 Å². The molecule has 1 aromatic carbocycles. The van der Waals surface area contributed by atoms with Crippen LogP contribution in [0.3, 0.4) is 0 Å². The van der Waals surface area contributed by atoms with Gasteiger partial charge in [-0.1, -0.05) is 23.7 Å². The summed E-state index contributed by atoms with van der Waals surface area (Å²) in [6, 6.07) is 7.11.